The topological polar surface area (TPSA) is 41.6 Å². The summed E-state index contributed by atoms with van der Waals surface area (Å²) in [5.41, 5.74) is 1.06. The third-order valence-corrected chi connectivity index (χ3v) is 3.84. The van der Waals surface area contributed by atoms with Crippen LogP contribution in [0.1, 0.15) is 44.3 Å². The van der Waals surface area contributed by atoms with Crippen molar-refractivity contribution in [3.05, 3.63) is 35.9 Å². The SMILES string of the molecule is CCCCNC(=O)OC(CN1CCCC1)c1ccccc1. The first-order valence-corrected chi connectivity index (χ1v) is 8.01. The van der Waals surface area contributed by atoms with Gasteiger partial charge in [-0.3, -0.25) is 4.90 Å². The number of rotatable bonds is 7. The zero-order chi connectivity index (χ0) is 14.9. The molecule has 1 aromatic rings. The van der Waals surface area contributed by atoms with Gasteiger partial charge >= 0.3 is 6.09 Å². The molecule has 116 valence electrons. The molecule has 0 aliphatic carbocycles. The van der Waals surface area contributed by atoms with Crippen molar-refractivity contribution in [1.82, 2.24) is 10.2 Å². The second kappa shape index (κ2) is 8.67. The van der Waals surface area contributed by atoms with Crippen molar-refractivity contribution >= 4 is 6.09 Å². The van der Waals surface area contributed by atoms with Gasteiger partial charge in [-0.15, -0.1) is 0 Å². The lowest BCUT2D eigenvalue weighted by Gasteiger charge is -2.24. The number of nitrogens with one attached hydrogen (secondary N) is 1. The number of ether oxygens (including phenoxy) is 1. The van der Waals surface area contributed by atoms with E-state index in [-0.39, 0.29) is 12.2 Å². The van der Waals surface area contributed by atoms with E-state index in [1.165, 1.54) is 12.8 Å². The second-order valence-electron chi connectivity index (χ2n) is 5.59. The Bertz CT molecular complexity index is 416. The molecule has 21 heavy (non-hydrogen) atoms. The van der Waals surface area contributed by atoms with Crippen molar-refractivity contribution < 1.29 is 9.53 Å². The van der Waals surface area contributed by atoms with Gasteiger partial charge in [-0.05, 0) is 37.9 Å². The summed E-state index contributed by atoms with van der Waals surface area (Å²) >= 11 is 0. The summed E-state index contributed by atoms with van der Waals surface area (Å²) < 4.78 is 5.65. The van der Waals surface area contributed by atoms with Gasteiger partial charge in [-0.25, -0.2) is 4.79 Å². The molecule has 1 aliphatic rings. The highest BCUT2D eigenvalue weighted by molar-refractivity contribution is 5.67. The number of nitrogens with zero attached hydrogens (tertiary/aromatic N) is 1. The van der Waals surface area contributed by atoms with E-state index < -0.39 is 0 Å². The minimum atomic E-state index is -0.309. The van der Waals surface area contributed by atoms with Gasteiger partial charge in [-0.1, -0.05) is 43.7 Å². The highest BCUT2D eigenvalue weighted by Crippen LogP contribution is 2.21. The first-order valence-electron chi connectivity index (χ1n) is 8.01. The Morgan fingerprint density at radius 1 is 1.29 bits per heavy atom. The maximum absolute atomic E-state index is 11.9. The molecule has 0 bridgehead atoms. The van der Waals surface area contributed by atoms with Gasteiger partial charge in [0.25, 0.3) is 0 Å². The lowest BCUT2D eigenvalue weighted by Crippen LogP contribution is -2.32. The van der Waals surface area contributed by atoms with Crippen LogP contribution in [0.25, 0.3) is 0 Å². The molecule has 0 radical (unpaired) electrons. The fraction of sp³-hybridized carbons (Fsp3) is 0.588. The van der Waals surface area contributed by atoms with Gasteiger partial charge in [0, 0.05) is 13.1 Å². The molecule has 1 saturated heterocycles. The Hall–Kier alpha value is -1.55. The van der Waals surface area contributed by atoms with Crippen LogP contribution in [0.2, 0.25) is 0 Å². The van der Waals surface area contributed by atoms with Crippen LogP contribution >= 0.6 is 0 Å². The summed E-state index contributed by atoms with van der Waals surface area (Å²) in [7, 11) is 0. The Balaban J connectivity index is 1.93. The molecule has 2 rings (SSSR count). The van der Waals surface area contributed by atoms with Crippen molar-refractivity contribution in [2.75, 3.05) is 26.2 Å². The maximum atomic E-state index is 11.9. The quantitative estimate of drug-likeness (QED) is 0.783. The third-order valence-electron chi connectivity index (χ3n) is 3.84. The standard InChI is InChI=1S/C17H26N2O2/c1-2-3-11-18-17(20)21-16(14-19-12-7-8-13-19)15-9-5-4-6-10-15/h4-6,9-10,16H,2-3,7-8,11-14H2,1H3,(H,18,20). The van der Waals surface area contributed by atoms with Crippen LogP contribution < -0.4 is 5.32 Å². The Morgan fingerprint density at radius 2 is 2.00 bits per heavy atom. The molecule has 1 N–H and O–H groups in total. The van der Waals surface area contributed by atoms with Crippen LogP contribution in [0.3, 0.4) is 0 Å². The smallest absolute Gasteiger partial charge is 0.407 e. The van der Waals surface area contributed by atoms with Crippen molar-refractivity contribution in [1.29, 1.82) is 0 Å². The zero-order valence-electron chi connectivity index (χ0n) is 12.9. The predicted octanol–water partition coefficient (Wildman–Crippen LogP) is 3.35. The van der Waals surface area contributed by atoms with E-state index in [1.54, 1.807) is 0 Å². The highest BCUT2D eigenvalue weighted by atomic mass is 16.6. The fourth-order valence-electron chi connectivity index (χ4n) is 2.62. The first-order chi connectivity index (χ1) is 10.3. The fourth-order valence-corrected chi connectivity index (χ4v) is 2.62. The van der Waals surface area contributed by atoms with Gasteiger partial charge in [0.2, 0.25) is 0 Å². The number of hydrogen-bond acceptors (Lipinski definition) is 3. The van der Waals surface area contributed by atoms with Crippen molar-refractivity contribution in [3.63, 3.8) is 0 Å². The number of benzene rings is 1. The summed E-state index contributed by atoms with van der Waals surface area (Å²) in [5, 5.41) is 2.83. The molecular weight excluding hydrogens is 264 g/mol. The maximum Gasteiger partial charge on any atom is 0.407 e. The van der Waals surface area contributed by atoms with Crippen LogP contribution in [0.4, 0.5) is 4.79 Å². The van der Waals surface area contributed by atoms with Crippen LogP contribution in [0.15, 0.2) is 30.3 Å². The molecule has 1 heterocycles. The van der Waals surface area contributed by atoms with E-state index in [9.17, 15) is 4.79 Å². The first kappa shape index (κ1) is 15.8. The molecule has 1 aliphatic heterocycles. The summed E-state index contributed by atoms with van der Waals surface area (Å²) in [5.74, 6) is 0. The summed E-state index contributed by atoms with van der Waals surface area (Å²) in [6.45, 7) is 5.77. The molecule has 1 unspecified atom stereocenters. The van der Waals surface area contributed by atoms with Crippen molar-refractivity contribution in [2.45, 2.75) is 38.7 Å². The van der Waals surface area contributed by atoms with E-state index in [0.717, 1.165) is 38.0 Å². The minimum Gasteiger partial charge on any atom is -0.440 e. The number of amides is 1. The monoisotopic (exact) mass is 290 g/mol. The van der Waals surface area contributed by atoms with Crippen LogP contribution in [-0.4, -0.2) is 37.2 Å². The van der Waals surface area contributed by atoms with Gasteiger partial charge in [0.1, 0.15) is 6.10 Å². The molecule has 0 spiro atoms. The number of unbranched alkanes of at least 4 members (excludes halogenated alkanes) is 1. The summed E-state index contributed by atoms with van der Waals surface area (Å²) in [4.78, 5) is 14.3. The van der Waals surface area contributed by atoms with E-state index in [4.69, 9.17) is 4.74 Å². The van der Waals surface area contributed by atoms with Crippen LogP contribution in [-0.2, 0) is 4.74 Å². The number of hydrogen-bond donors (Lipinski definition) is 1. The summed E-state index contributed by atoms with van der Waals surface area (Å²) in [6.07, 6.45) is 4.03. The normalized spacial score (nSPS) is 16.6. The Labute approximate surface area is 127 Å². The average Bonchev–Trinajstić information content (AvgIpc) is 3.01. The van der Waals surface area contributed by atoms with Gasteiger partial charge in [0.15, 0.2) is 0 Å². The molecule has 4 heteroatoms. The third kappa shape index (κ3) is 5.38. The molecule has 0 aromatic heterocycles. The van der Waals surface area contributed by atoms with Crippen molar-refractivity contribution in [2.24, 2.45) is 0 Å². The predicted molar refractivity (Wildman–Crippen MR) is 84.2 cm³/mol. The molecular formula is C17H26N2O2. The molecule has 0 saturated carbocycles. The molecule has 4 nitrogen and oxygen atoms in total. The molecule has 1 aromatic carbocycles. The number of carbonyl (C=O) groups is 1. The van der Waals surface area contributed by atoms with E-state index >= 15 is 0 Å². The van der Waals surface area contributed by atoms with E-state index in [1.807, 2.05) is 30.3 Å². The molecule has 1 atom stereocenters. The van der Waals surface area contributed by atoms with E-state index in [2.05, 4.69) is 17.1 Å². The van der Waals surface area contributed by atoms with Gasteiger partial charge in [0.05, 0.1) is 0 Å². The summed E-state index contributed by atoms with van der Waals surface area (Å²) in [6, 6.07) is 10.0. The Morgan fingerprint density at radius 3 is 2.67 bits per heavy atom. The molecule has 1 amide bonds. The van der Waals surface area contributed by atoms with Gasteiger partial charge in [-0.2, -0.15) is 0 Å². The van der Waals surface area contributed by atoms with E-state index in [0.29, 0.717) is 6.54 Å². The number of carbonyl (C=O) groups excluding carboxylic acids is 1. The van der Waals surface area contributed by atoms with Gasteiger partial charge < -0.3 is 10.1 Å². The minimum absolute atomic E-state index is 0.189. The second-order valence-corrected chi connectivity index (χ2v) is 5.59. The zero-order valence-corrected chi connectivity index (χ0v) is 12.9. The average molecular weight is 290 g/mol. The Kier molecular flexibility index (Phi) is 6.54. The number of likely N-dealkylation sites (tertiary alicyclic amines) is 1. The molecule has 1 fully saturated rings. The van der Waals surface area contributed by atoms with Crippen LogP contribution in [0, 0.1) is 0 Å². The lowest BCUT2D eigenvalue weighted by molar-refractivity contribution is 0.0752. The largest absolute Gasteiger partial charge is 0.440 e. The highest BCUT2D eigenvalue weighted by Gasteiger charge is 2.22. The lowest BCUT2D eigenvalue weighted by atomic mass is 10.1. The van der Waals surface area contributed by atoms with Crippen molar-refractivity contribution in [3.8, 4) is 0 Å². The van der Waals surface area contributed by atoms with Crippen LogP contribution in [0.5, 0.6) is 0 Å². The number of alkyl carbamates (subject to hydrolysis) is 1.